The summed E-state index contributed by atoms with van der Waals surface area (Å²) in [5, 5.41) is 2.88. The lowest BCUT2D eigenvalue weighted by molar-refractivity contribution is -0.215. The fourth-order valence-corrected chi connectivity index (χ4v) is 7.52. The van der Waals surface area contributed by atoms with Gasteiger partial charge in [0.2, 0.25) is 0 Å². The monoisotopic (exact) mass is 688 g/mol. The van der Waals surface area contributed by atoms with Crippen LogP contribution in [0.3, 0.4) is 0 Å². The van der Waals surface area contributed by atoms with Crippen molar-refractivity contribution in [3.05, 3.63) is 89.9 Å². The molecule has 1 fully saturated rings. The minimum absolute atomic E-state index is 0.0344. The number of likely N-dealkylation sites (N-methyl/N-ethyl adjacent to an activating group) is 1. The molecule has 1 saturated carbocycles. The van der Waals surface area contributed by atoms with E-state index in [2.05, 4.69) is 10.3 Å². The molecule has 3 aromatic carbocycles. The van der Waals surface area contributed by atoms with Crippen molar-refractivity contribution in [1.29, 1.82) is 0 Å². The van der Waals surface area contributed by atoms with Crippen molar-refractivity contribution >= 4 is 44.0 Å². The van der Waals surface area contributed by atoms with Gasteiger partial charge in [-0.3, -0.25) is 4.79 Å². The maximum Gasteiger partial charge on any atom is 0.491 e. The molecule has 0 radical (unpaired) electrons. The Labute approximate surface area is 273 Å². The van der Waals surface area contributed by atoms with E-state index in [-0.39, 0.29) is 34.3 Å². The highest BCUT2D eigenvalue weighted by atomic mass is 32.2. The van der Waals surface area contributed by atoms with Gasteiger partial charge in [-0.05, 0) is 79.2 Å². The number of nitrogen functional groups attached to an aromatic ring is 1. The molecule has 1 atom stereocenters. The highest BCUT2D eigenvalue weighted by molar-refractivity contribution is 7.92. The summed E-state index contributed by atoms with van der Waals surface area (Å²) < 4.78 is 94.7. The Morgan fingerprint density at radius 1 is 1.06 bits per heavy atom. The summed E-state index contributed by atoms with van der Waals surface area (Å²) in [4.78, 5) is 32.0. The second-order valence-corrected chi connectivity index (χ2v) is 13.5. The van der Waals surface area contributed by atoms with Gasteiger partial charge in [-0.2, -0.15) is 13.2 Å². The number of fused-ring (bicyclic) bond motifs is 1. The zero-order valence-corrected chi connectivity index (χ0v) is 26.7. The maximum absolute atomic E-state index is 15.8. The number of halogens is 4. The van der Waals surface area contributed by atoms with Crippen molar-refractivity contribution in [1.82, 2.24) is 9.88 Å². The van der Waals surface area contributed by atoms with E-state index in [1.54, 1.807) is 19.1 Å². The van der Waals surface area contributed by atoms with E-state index in [1.165, 1.54) is 55.7 Å². The molecule has 254 valence electrons. The first-order chi connectivity index (χ1) is 22.7. The molecule has 1 aliphatic carbocycles. The molecule has 0 bridgehead atoms. The summed E-state index contributed by atoms with van der Waals surface area (Å²) >= 11 is 0. The van der Waals surface area contributed by atoms with E-state index in [0.29, 0.717) is 23.6 Å². The van der Waals surface area contributed by atoms with Crippen LogP contribution < -0.4 is 15.8 Å². The molecule has 48 heavy (non-hydrogen) atoms. The molecular formula is C33H32F4N4O6S. The number of nitrogens with zero attached hydrogens (tertiary/aromatic N) is 2. The standard InChI is InChI=1S/C33H32F4N4O6S/c1-3-46-23-12-14-27(34)26(18-23)32(47-31(43)33(35,36)37,40-22-11-13-25-20(17-22)15-16-39-29(25)38)30(42)41(2)19-21-7-4-5-10-28(21)48(44,45)24-8-6-9-24/h4-5,7,10-18,24,40H,3,6,8-9,19H2,1-2H3,(H2,38,39). The van der Waals surface area contributed by atoms with Crippen LogP contribution >= 0.6 is 0 Å². The van der Waals surface area contributed by atoms with Crippen LogP contribution in [0.4, 0.5) is 29.1 Å². The molecular weight excluding hydrogens is 656 g/mol. The van der Waals surface area contributed by atoms with Gasteiger partial charge in [-0.25, -0.2) is 22.6 Å². The van der Waals surface area contributed by atoms with Crippen molar-refractivity contribution in [2.45, 2.75) is 54.8 Å². The fraction of sp³-hybridized carbons (Fsp3) is 0.303. The zero-order valence-electron chi connectivity index (χ0n) is 25.9. The topological polar surface area (TPSA) is 141 Å². The Balaban J connectivity index is 1.68. The predicted molar refractivity (Wildman–Crippen MR) is 169 cm³/mol. The minimum atomic E-state index is -5.60. The number of sulfone groups is 1. The van der Waals surface area contributed by atoms with Crippen LogP contribution in [0.2, 0.25) is 0 Å². The summed E-state index contributed by atoms with van der Waals surface area (Å²) in [7, 11) is -2.63. The molecule has 4 aromatic rings. The number of pyridine rings is 1. The van der Waals surface area contributed by atoms with Crippen LogP contribution in [0.25, 0.3) is 10.8 Å². The fourth-order valence-electron chi connectivity index (χ4n) is 5.44. The van der Waals surface area contributed by atoms with Crippen LogP contribution in [-0.4, -0.2) is 55.3 Å². The quantitative estimate of drug-likeness (QED) is 0.115. The molecule has 1 heterocycles. The number of hydrogen-bond donors (Lipinski definition) is 2. The number of nitrogens with one attached hydrogen (secondary N) is 1. The summed E-state index contributed by atoms with van der Waals surface area (Å²) in [5.74, 6) is -5.23. The Hall–Kier alpha value is -4.92. The molecule has 1 aromatic heterocycles. The van der Waals surface area contributed by atoms with Crippen molar-refractivity contribution in [3.8, 4) is 5.75 Å². The first-order valence-corrected chi connectivity index (χ1v) is 16.4. The highest BCUT2D eigenvalue weighted by Gasteiger charge is 2.54. The van der Waals surface area contributed by atoms with Gasteiger partial charge in [0.25, 0.3) is 11.6 Å². The Morgan fingerprint density at radius 3 is 2.46 bits per heavy atom. The van der Waals surface area contributed by atoms with E-state index in [4.69, 9.17) is 15.2 Å². The first kappa shape index (κ1) is 34.4. The molecule has 5 rings (SSSR count). The van der Waals surface area contributed by atoms with Gasteiger partial charge in [0, 0.05) is 30.9 Å². The summed E-state index contributed by atoms with van der Waals surface area (Å²) in [6, 6.07) is 14.7. The summed E-state index contributed by atoms with van der Waals surface area (Å²) in [5.41, 5.74) is 2.06. The molecule has 1 amide bonds. The Kier molecular flexibility index (Phi) is 9.53. The molecule has 15 heteroatoms. The van der Waals surface area contributed by atoms with Crippen molar-refractivity contribution < 1.29 is 45.0 Å². The molecule has 1 unspecified atom stereocenters. The lowest BCUT2D eigenvalue weighted by Crippen LogP contribution is -2.55. The number of esters is 1. The van der Waals surface area contributed by atoms with E-state index in [0.717, 1.165) is 23.5 Å². The third kappa shape index (κ3) is 6.72. The van der Waals surface area contributed by atoms with Crippen molar-refractivity contribution in [2.24, 2.45) is 0 Å². The number of carbonyl (C=O) groups is 2. The van der Waals surface area contributed by atoms with Crippen LogP contribution in [0, 0.1) is 5.82 Å². The number of aromatic nitrogens is 1. The molecule has 0 saturated heterocycles. The van der Waals surface area contributed by atoms with Crippen LogP contribution in [0.5, 0.6) is 5.75 Å². The number of anilines is 2. The smallest absolute Gasteiger partial charge is 0.491 e. The normalized spacial score (nSPS) is 14.9. The van der Waals surface area contributed by atoms with Crippen LogP contribution in [0.1, 0.15) is 37.3 Å². The van der Waals surface area contributed by atoms with Gasteiger partial charge in [0.05, 0.1) is 22.3 Å². The van der Waals surface area contributed by atoms with Crippen molar-refractivity contribution in [3.63, 3.8) is 0 Å². The number of amides is 1. The predicted octanol–water partition coefficient (Wildman–Crippen LogP) is 5.71. The number of nitrogens with two attached hydrogens (primary N) is 1. The average molecular weight is 689 g/mol. The molecule has 10 nitrogen and oxygen atoms in total. The largest absolute Gasteiger partial charge is 0.494 e. The summed E-state index contributed by atoms with van der Waals surface area (Å²) in [6.07, 6.45) is -2.54. The zero-order chi connectivity index (χ0) is 34.9. The Morgan fingerprint density at radius 2 is 1.79 bits per heavy atom. The van der Waals surface area contributed by atoms with Crippen LogP contribution in [0.15, 0.2) is 77.8 Å². The first-order valence-electron chi connectivity index (χ1n) is 14.9. The number of ether oxygens (including phenoxy) is 2. The van der Waals surface area contributed by atoms with Crippen molar-refractivity contribution in [2.75, 3.05) is 24.7 Å². The molecule has 1 aliphatic rings. The maximum atomic E-state index is 15.8. The van der Waals surface area contributed by atoms with E-state index >= 15 is 4.39 Å². The minimum Gasteiger partial charge on any atom is -0.494 e. The van der Waals surface area contributed by atoms with Gasteiger partial charge in [-0.1, -0.05) is 24.6 Å². The highest BCUT2D eigenvalue weighted by Crippen LogP contribution is 2.38. The average Bonchev–Trinajstić information content (AvgIpc) is 3.00. The number of benzene rings is 3. The lowest BCUT2D eigenvalue weighted by Gasteiger charge is -2.37. The number of carbonyl (C=O) groups excluding carboxylic acids is 2. The lowest BCUT2D eigenvalue weighted by atomic mass is 9.98. The third-order valence-corrected chi connectivity index (χ3v) is 10.4. The number of rotatable bonds is 11. The second kappa shape index (κ2) is 13.3. The molecule has 3 N–H and O–H groups in total. The molecule has 0 spiro atoms. The Bertz CT molecular complexity index is 1970. The van der Waals surface area contributed by atoms with E-state index in [1.807, 2.05) is 0 Å². The van der Waals surface area contributed by atoms with E-state index in [9.17, 15) is 31.2 Å². The van der Waals surface area contributed by atoms with Gasteiger partial charge in [0.1, 0.15) is 17.4 Å². The van der Waals surface area contributed by atoms with Gasteiger partial charge >= 0.3 is 12.1 Å². The SMILES string of the molecule is CCOc1ccc(F)c(C(Nc2ccc3c(N)nccc3c2)(OC(=O)C(F)(F)F)C(=O)N(C)Cc2ccccc2S(=O)(=O)C2CCC2)c1. The van der Waals surface area contributed by atoms with Gasteiger partial charge < -0.3 is 25.4 Å². The third-order valence-electron chi connectivity index (χ3n) is 8.05. The van der Waals surface area contributed by atoms with Gasteiger partial charge in [-0.15, -0.1) is 0 Å². The number of hydrogen-bond acceptors (Lipinski definition) is 9. The van der Waals surface area contributed by atoms with Gasteiger partial charge in [0.15, 0.2) is 9.84 Å². The van der Waals surface area contributed by atoms with E-state index < -0.39 is 56.8 Å². The molecule has 0 aliphatic heterocycles. The second-order valence-electron chi connectivity index (χ2n) is 11.3. The number of alkyl halides is 3. The summed E-state index contributed by atoms with van der Waals surface area (Å²) in [6.45, 7) is 1.23. The van der Waals surface area contributed by atoms with Crippen LogP contribution in [-0.2, 0) is 36.4 Å².